The van der Waals surface area contributed by atoms with Gasteiger partial charge in [-0.25, -0.2) is 0 Å². The summed E-state index contributed by atoms with van der Waals surface area (Å²) in [5, 5.41) is 3.96. The summed E-state index contributed by atoms with van der Waals surface area (Å²) in [4.78, 5) is 7.43. The third-order valence-corrected chi connectivity index (χ3v) is 3.62. The minimum Gasteiger partial charge on any atom is -0.356 e. The van der Waals surface area contributed by atoms with Crippen molar-refractivity contribution in [2.45, 2.75) is 24.8 Å². The predicted molar refractivity (Wildman–Crippen MR) is 73.8 cm³/mol. The lowest BCUT2D eigenvalue weighted by Gasteiger charge is -2.34. The Labute approximate surface area is 118 Å². The number of nitrogens with two attached hydrogens (primary N) is 1. The second-order valence-electron chi connectivity index (χ2n) is 4.16. The Kier molecular flexibility index (Phi) is 3.46. The molecule has 3 rings (SSSR count). The van der Waals surface area contributed by atoms with Gasteiger partial charge < -0.3 is 15.2 Å². The van der Waals surface area contributed by atoms with E-state index >= 15 is 0 Å². The number of hydrogen-bond acceptors (Lipinski definition) is 4. The first-order valence-electron chi connectivity index (χ1n) is 5.15. The quantitative estimate of drug-likeness (QED) is 0.800. The van der Waals surface area contributed by atoms with Gasteiger partial charge in [-0.15, -0.1) is 12.4 Å². The average molecular weight is 367 g/mol. The summed E-state index contributed by atoms with van der Waals surface area (Å²) in [7, 11) is 0. The molecule has 5 nitrogen and oxygen atoms in total. The largest absolute Gasteiger partial charge is 0.356 e. The number of aromatic nitrogens is 3. The van der Waals surface area contributed by atoms with E-state index in [1.807, 2.05) is 12.3 Å². The van der Waals surface area contributed by atoms with E-state index in [0.717, 1.165) is 28.5 Å². The highest BCUT2D eigenvalue weighted by Crippen LogP contribution is 2.37. The minimum atomic E-state index is -0.360. The molecule has 0 aromatic carbocycles. The van der Waals surface area contributed by atoms with E-state index in [9.17, 15) is 0 Å². The van der Waals surface area contributed by atoms with E-state index in [4.69, 9.17) is 10.3 Å². The lowest BCUT2D eigenvalue weighted by Crippen LogP contribution is -2.44. The molecule has 1 aliphatic rings. The minimum absolute atomic E-state index is 0. The molecule has 17 heavy (non-hydrogen) atoms. The predicted octanol–water partition coefficient (Wildman–Crippen LogP) is 2.43. The van der Waals surface area contributed by atoms with E-state index < -0.39 is 0 Å². The molecule has 2 aromatic rings. The molecule has 2 aromatic heterocycles. The normalized spacial score (nSPS) is 17.3. The zero-order valence-electron chi connectivity index (χ0n) is 8.94. The van der Waals surface area contributed by atoms with Crippen molar-refractivity contribution in [3.8, 4) is 11.6 Å². The van der Waals surface area contributed by atoms with Gasteiger partial charge in [0.25, 0.3) is 5.89 Å². The van der Waals surface area contributed by atoms with E-state index in [2.05, 4.69) is 37.7 Å². The number of H-pyrrole nitrogens is 1. The number of rotatable bonds is 2. The Balaban J connectivity index is 0.00000108. The molecule has 1 fully saturated rings. The molecule has 1 aliphatic carbocycles. The van der Waals surface area contributed by atoms with Crippen LogP contribution in [-0.4, -0.2) is 15.1 Å². The van der Waals surface area contributed by atoms with Crippen LogP contribution in [-0.2, 0) is 5.54 Å². The highest BCUT2D eigenvalue weighted by molar-refractivity contribution is 14.1. The maximum absolute atomic E-state index is 6.12. The maximum atomic E-state index is 6.12. The Morgan fingerprint density at radius 2 is 2.24 bits per heavy atom. The van der Waals surface area contributed by atoms with Gasteiger partial charge in [-0.1, -0.05) is 5.16 Å². The smallest absolute Gasteiger partial charge is 0.274 e. The lowest BCUT2D eigenvalue weighted by molar-refractivity contribution is 0.229. The molecule has 0 radical (unpaired) electrons. The summed E-state index contributed by atoms with van der Waals surface area (Å²) in [5.74, 6) is 1.13. The second kappa shape index (κ2) is 4.58. The molecule has 0 unspecified atom stereocenters. The molecular weight excluding hydrogens is 354 g/mol. The van der Waals surface area contributed by atoms with Crippen molar-refractivity contribution in [1.82, 2.24) is 15.1 Å². The van der Waals surface area contributed by atoms with E-state index in [-0.39, 0.29) is 17.9 Å². The number of aromatic amines is 1. The summed E-state index contributed by atoms with van der Waals surface area (Å²) in [5.41, 5.74) is 6.60. The Bertz CT molecular complexity index is 520. The molecular formula is C10H12ClIN4O. The molecule has 92 valence electrons. The van der Waals surface area contributed by atoms with Gasteiger partial charge >= 0.3 is 0 Å². The monoisotopic (exact) mass is 366 g/mol. The molecule has 1 saturated carbocycles. The Hall–Kier alpha value is -0.600. The molecule has 0 atom stereocenters. The molecule has 0 aliphatic heterocycles. The number of nitrogens with zero attached hydrogens (tertiary/aromatic N) is 2. The van der Waals surface area contributed by atoms with Crippen molar-refractivity contribution in [1.29, 1.82) is 0 Å². The van der Waals surface area contributed by atoms with Crippen LogP contribution < -0.4 is 5.73 Å². The van der Waals surface area contributed by atoms with Crippen LogP contribution >= 0.6 is 35.0 Å². The number of halogens is 2. The highest BCUT2D eigenvalue weighted by Gasteiger charge is 2.39. The Morgan fingerprint density at radius 3 is 2.76 bits per heavy atom. The zero-order valence-corrected chi connectivity index (χ0v) is 11.9. The number of nitrogens with one attached hydrogen (secondary N) is 1. The van der Waals surface area contributed by atoms with Crippen molar-refractivity contribution in [2.75, 3.05) is 0 Å². The molecule has 0 spiro atoms. The van der Waals surface area contributed by atoms with Crippen molar-refractivity contribution < 1.29 is 4.52 Å². The third-order valence-electron chi connectivity index (χ3n) is 3.00. The standard InChI is InChI=1S/C10H11IN4O.ClH/c11-6-4-7(13-5-6)8-14-9(15-16-8)10(12)2-1-3-10;/h4-5,13H,1-3,12H2;1H. The van der Waals surface area contributed by atoms with Gasteiger partial charge in [0.2, 0.25) is 0 Å². The molecule has 2 heterocycles. The van der Waals surface area contributed by atoms with Gasteiger partial charge in [-0.2, -0.15) is 4.98 Å². The summed E-state index contributed by atoms with van der Waals surface area (Å²) in [6, 6.07) is 1.96. The topological polar surface area (TPSA) is 80.7 Å². The first-order chi connectivity index (χ1) is 7.67. The van der Waals surface area contributed by atoms with Gasteiger partial charge in [0, 0.05) is 9.77 Å². The van der Waals surface area contributed by atoms with Gasteiger partial charge in [0.1, 0.15) is 5.69 Å². The second-order valence-corrected chi connectivity index (χ2v) is 5.41. The molecule has 0 amide bonds. The van der Waals surface area contributed by atoms with Crippen LogP contribution in [0, 0.1) is 3.57 Å². The molecule has 0 bridgehead atoms. The summed E-state index contributed by atoms with van der Waals surface area (Å²) in [6.45, 7) is 0. The highest BCUT2D eigenvalue weighted by atomic mass is 127. The van der Waals surface area contributed by atoms with Crippen molar-refractivity contribution in [2.24, 2.45) is 5.73 Å². The summed E-state index contributed by atoms with van der Waals surface area (Å²) < 4.78 is 6.32. The van der Waals surface area contributed by atoms with Gasteiger partial charge in [-0.05, 0) is 47.9 Å². The van der Waals surface area contributed by atoms with Crippen LogP contribution in [0.4, 0.5) is 0 Å². The average Bonchev–Trinajstić information content (AvgIpc) is 2.82. The molecule has 3 N–H and O–H groups in total. The Morgan fingerprint density at radius 1 is 1.47 bits per heavy atom. The van der Waals surface area contributed by atoms with Crippen molar-refractivity contribution in [3.63, 3.8) is 0 Å². The van der Waals surface area contributed by atoms with E-state index in [0.29, 0.717) is 11.7 Å². The van der Waals surface area contributed by atoms with Crippen LogP contribution in [0.15, 0.2) is 16.8 Å². The maximum Gasteiger partial charge on any atom is 0.274 e. The van der Waals surface area contributed by atoms with Crippen LogP contribution in [0.25, 0.3) is 11.6 Å². The fourth-order valence-corrected chi connectivity index (χ4v) is 2.27. The lowest BCUT2D eigenvalue weighted by atomic mass is 9.77. The summed E-state index contributed by atoms with van der Waals surface area (Å²) >= 11 is 2.22. The van der Waals surface area contributed by atoms with Gasteiger partial charge in [0.05, 0.1) is 5.54 Å². The fourth-order valence-electron chi connectivity index (χ4n) is 1.81. The van der Waals surface area contributed by atoms with Crippen molar-refractivity contribution in [3.05, 3.63) is 21.7 Å². The molecule has 7 heteroatoms. The van der Waals surface area contributed by atoms with Gasteiger partial charge in [0.15, 0.2) is 5.82 Å². The summed E-state index contributed by atoms with van der Waals surface area (Å²) in [6.07, 6.45) is 4.91. The first-order valence-corrected chi connectivity index (χ1v) is 6.23. The van der Waals surface area contributed by atoms with Gasteiger partial charge in [-0.3, -0.25) is 0 Å². The SMILES string of the molecule is Cl.NC1(c2noc(-c3cc(I)c[nH]3)n2)CCC1. The van der Waals surface area contributed by atoms with Crippen LogP contribution in [0.2, 0.25) is 0 Å². The third kappa shape index (κ3) is 2.21. The van der Waals surface area contributed by atoms with Crippen LogP contribution in [0.5, 0.6) is 0 Å². The first kappa shape index (κ1) is 12.8. The fraction of sp³-hybridized carbons (Fsp3) is 0.400. The van der Waals surface area contributed by atoms with E-state index in [1.54, 1.807) is 0 Å². The molecule has 0 saturated heterocycles. The van der Waals surface area contributed by atoms with Crippen LogP contribution in [0.1, 0.15) is 25.1 Å². The number of hydrogen-bond donors (Lipinski definition) is 2. The van der Waals surface area contributed by atoms with Crippen LogP contribution in [0.3, 0.4) is 0 Å². The van der Waals surface area contributed by atoms with E-state index in [1.165, 1.54) is 0 Å². The zero-order chi connectivity index (χ0) is 11.2. The van der Waals surface area contributed by atoms with Crippen molar-refractivity contribution >= 4 is 35.0 Å².